The summed E-state index contributed by atoms with van der Waals surface area (Å²) < 4.78 is 67.2. The predicted octanol–water partition coefficient (Wildman–Crippen LogP) is 3.02. The van der Waals surface area contributed by atoms with Crippen LogP contribution in [0.2, 0.25) is 0 Å². The van der Waals surface area contributed by atoms with Crippen molar-refractivity contribution in [2.75, 3.05) is 19.8 Å². The van der Waals surface area contributed by atoms with Crippen LogP contribution < -0.4 is 4.74 Å². The van der Waals surface area contributed by atoms with Crippen LogP contribution in [0.25, 0.3) is 0 Å². The van der Waals surface area contributed by atoms with Gasteiger partial charge in [-0.15, -0.1) is 0 Å². The third-order valence-corrected chi connectivity index (χ3v) is 2.14. The maximum Gasteiger partial charge on any atom is 0.203 e. The molecular formula is C12H14F4O3. The Bertz CT molecular complexity index is 394. The van der Waals surface area contributed by atoms with Gasteiger partial charge in [0.05, 0.1) is 0 Å². The second-order valence-corrected chi connectivity index (χ2v) is 3.45. The van der Waals surface area contributed by atoms with E-state index in [1.54, 1.807) is 13.8 Å². The zero-order chi connectivity index (χ0) is 14.4. The molecule has 1 rings (SSSR count). The second kappa shape index (κ2) is 7.30. The minimum absolute atomic E-state index is 0.111. The van der Waals surface area contributed by atoms with Gasteiger partial charge in [0, 0.05) is 19.3 Å². The lowest BCUT2D eigenvalue weighted by atomic mass is 10.3. The Morgan fingerprint density at radius 1 is 0.947 bits per heavy atom. The van der Waals surface area contributed by atoms with Gasteiger partial charge in [-0.3, -0.25) is 0 Å². The standard InChI is InChI=1S/C12H14F4O3/c1-3-17-9(18-4-2)6-19-12-10(15)7(13)5-8(14)11(12)16/h5,9H,3-4,6H2,1-2H3. The molecule has 0 fully saturated rings. The molecule has 0 aliphatic heterocycles. The molecule has 0 N–H and O–H groups in total. The molecule has 108 valence electrons. The van der Waals surface area contributed by atoms with E-state index in [9.17, 15) is 17.6 Å². The number of hydrogen-bond donors (Lipinski definition) is 0. The predicted molar refractivity (Wildman–Crippen MR) is 58.8 cm³/mol. The van der Waals surface area contributed by atoms with Crippen molar-refractivity contribution < 1.29 is 31.8 Å². The van der Waals surface area contributed by atoms with Crippen LogP contribution in [0, 0.1) is 23.3 Å². The molecule has 0 aromatic heterocycles. The number of benzene rings is 1. The highest BCUT2D eigenvalue weighted by atomic mass is 19.2. The summed E-state index contributed by atoms with van der Waals surface area (Å²) in [7, 11) is 0. The van der Waals surface area contributed by atoms with E-state index in [0.717, 1.165) is 0 Å². The summed E-state index contributed by atoms with van der Waals surface area (Å²) in [5.74, 6) is -7.37. The van der Waals surface area contributed by atoms with Crippen molar-refractivity contribution in [1.82, 2.24) is 0 Å². The Labute approximate surface area is 108 Å². The number of hydrogen-bond acceptors (Lipinski definition) is 3. The average Bonchev–Trinajstić information content (AvgIpc) is 2.37. The van der Waals surface area contributed by atoms with E-state index in [-0.39, 0.29) is 19.3 Å². The van der Waals surface area contributed by atoms with E-state index in [1.807, 2.05) is 0 Å². The van der Waals surface area contributed by atoms with E-state index in [1.165, 1.54) is 0 Å². The highest BCUT2D eigenvalue weighted by Crippen LogP contribution is 2.26. The topological polar surface area (TPSA) is 27.7 Å². The van der Waals surface area contributed by atoms with Crippen molar-refractivity contribution in [1.29, 1.82) is 0 Å². The van der Waals surface area contributed by atoms with Crippen molar-refractivity contribution in [3.05, 3.63) is 29.3 Å². The fraction of sp³-hybridized carbons (Fsp3) is 0.500. The van der Waals surface area contributed by atoms with Crippen molar-refractivity contribution in [2.45, 2.75) is 20.1 Å². The Morgan fingerprint density at radius 2 is 1.42 bits per heavy atom. The lowest BCUT2D eigenvalue weighted by Gasteiger charge is -2.18. The third kappa shape index (κ3) is 4.07. The first kappa shape index (κ1) is 15.7. The van der Waals surface area contributed by atoms with Gasteiger partial charge in [-0.05, 0) is 13.8 Å². The molecule has 0 aliphatic carbocycles. The summed E-state index contributed by atoms with van der Waals surface area (Å²) in [6.45, 7) is 3.56. The van der Waals surface area contributed by atoms with Crippen LogP contribution in [0.1, 0.15) is 13.8 Å². The van der Waals surface area contributed by atoms with E-state index in [4.69, 9.17) is 14.2 Å². The molecule has 1 aromatic rings. The minimum Gasteiger partial charge on any atom is -0.482 e. The van der Waals surface area contributed by atoms with Gasteiger partial charge in [-0.2, -0.15) is 8.78 Å². The lowest BCUT2D eigenvalue weighted by molar-refractivity contribution is -0.153. The molecule has 19 heavy (non-hydrogen) atoms. The quantitative estimate of drug-likeness (QED) is 0.437. The first-order chi connectivity index (χ1) is 9.01. The molecule has 1 aromatic carbocycles. The largest absolute Gasteiger partial charge is 0.482 e. The summed E-state index contributed by atoms with van der Waals surface area (Å²) in [6, 6.07) is 0.111. The minimum atomic E-state index is -1.59. The highest BCUT2D eigenvalue weighted by molar-refractivity contribution is 5.28. The Kier molecular flexibility index (Phi) is 6.04. The van der Waals surface area contributed by atoms with Crippen molar-refractivity contribution >= 4 is 0 Å². The molecule has 0 bridgehead atoms. The van der Waals surface area contributed by atoms with Gasteiger partial charge < -0.3 is 14.2 Å². The van der Waals surface area contributed by atoms with E-state index in [2.05, 4.69) is 0 Å². The molecule has 3 nitrogen and oxygen atoms in total. The maximum atomic E-state index is 13.3. The normalized spacial score (nSPS) is 11.1. The molecule has 0 radical (unpaired) electrons. The molecular weight excluding hydrogens is 268 g/mol. The highest BCUT2D eigenvalue weighted by Gasteiger charge is 2.22. The van der Waals surface area contributed by atoms with Crippen LogP contribution in [-0.4, -0.2) is 26.1 Å². The molecule has 0 spiro atoms. The molecule has 0 atom stereocenters. The number of rotatable bonds is 7. The van der Waals surface area contributed by atoms with Gasteiger partial charge in [0.15, 0.2) is 23.7 Å². The van der Waals surface area contributed by atoms with E-state index in [0.29, 0.717) is 0 Å². The average molecular weight is 282 g/mol. The van der Waals surface area contributed by atoms with E-state index < -0.39 is 41.9 Å². The van der Waals surface area contributed by atoms with Crippen molar-refractivity contribution in [2.24, 2.45) is 0 Å². The van der Waals surface area contributed by atoms with Crippen LogP contribution >= 0.6 is 0 Å². The smallest absolute Gasteiger partial charge is 0.203 e. The van der Waals surface area contributed by atoms with Crippen LogP contribution in [0.15, 0.2) is 6.07 Å². The van der Waals surface area contributed by atoms with Gasteiger partial charge in [-0.25, -0.2) is 8.78 Å². The zero-order valence-corrected chi connectivity index (χ0v) is 10.5. The van der Waals surface area contributed by atoms with Crippen LogP contribution in [0.5, 0.6) is 5.75 Å². The van der Waals surface area contributed by atoms with Crippen LogP contribution in [0.3, 0.4) is 0 Å². The van der Waals surface area contributed by atoms with Crippen LogP contribution in [-0.2, 0) is 9.47 Å². The summed E-state index contributed by atoms with van der Waals surface area (Å²) in [5.41, 5.74) is 0. The SMILES string of the molecule is CCOC(COc1c(F)c(F)cc(F)c1F)OCC. The Morgan fingerprint density at radius 3 is 1.84 bits per heavy atom. The summed E-state index contributed by atoms with van der Waals surface area (Å²) in [6.07, 6.45) is -0.875. The summed E-state index contributed by atoms with van der Waals surface area (Å²) in [4.78, 5) is 0. The van der Waals surface area contributed by atoms with Crippen molar-refractivity contribution in [3.8, 4) is 5.75 Å². The maximum absolute atomic E-state index is 13.3. The van der Waals surface area contributed by atoms with Gasteiger partial charge in [-0.1, -0.05) is 0 Å². The molecule has 0 saturated carbocycles. The van der Waals surface area contributed by atoms with Gasteiger partial charge in [0.1, 0.15) is 6.61 Å². The number of halogens is 4. The molecule has 0 unspecified atom stereocenters. The molecule has 0 amide bonds. The van der Waals surface area contributed by atoms with Crippen LogP contribution in [0.4, 0.5) is 17.6 Å². The monoisotopic (exact) mass is 282 g/mol. The lowest BCUT2D eigenvalue weighted by Crippen LogP contribution is -2.25. The van der Waals surface area contributed by atoms with E-state index >= 15 is 0 Å². The molecule has 0 saturated heterocycles. The molecule has 7 heteroatoms. The first-order valence-electron chi connectivity index (χ1n) is 5.70. The van der Waals surface area contributed by atoms with Gasteiger partial charge in [0.25, 0.3) is 0 Å². The summed E-state index contributed by atoms with van der Waals surface area (Å²) in [5, 5.41) is 0. The third-order valence-electron chi connectivity index (χ3n) is 2.14. The Balaban J connectivity index is 2.81. The van der Waals surface area contributed by atoms with Gasteiger partial charge in [0.2, 0.25) is 11.6 Å². The fourth-order valence-electron chi connectivity index (χ4n) is 1.35. The zero-order valence-electron chi connectivity index (χ0n) is 10.5. The Hall–Kier alpha value is -1.34. The summed E-state index contributed by atoms with van der Waals surface area (Å²) >= 11 is 0. The second-order valence-electron chi connectivity index (χ2n) is 3.45. The van der Waals surface area contributed by atoms with Gasteiger partial charge >= 0.3 is 0 Å². The first-order valence-corrected chi connectivity index (χ1v) is 5.70. The number of ether oxygens (including phenoxy) is 3. The molecule has 0 aliphatic rings. The molecule has 0 heterocycles. The fourth-order valence-corrected chi connectivity index (χ4v) is 1.35. The van der Waals surface area contributed by atoms with Crippen molar-refractivity contribution in [3.63, 3.8) is 0 Å².